The lowest BCUT2D eigenvalue weighted by atomic mass is 10.1. The number of benzene rings is 1. The molecule has 18 heteroatoms. The van der Waals surface area contributed by atoms with Crippen LogP contribution in [0.3, 0.4) is 0 Å². The molecule has 0 saturated carbocycles. The van der Waals surface area contributed by atoms with Gasteiger partial charge in [-0.1, -0.05) is 43.2 Å². The Balaban J connectivity index is 1.79. The van der Waals surface area contributed by atoms with Gasteiger partial charge in [-0.15, -0.1) is 0 Å². The van der Waals surface area contributed by atoms with Gasteiger partial charge < -0.3 is 31.1 Å². The summed E-state index contributed by atoms with van der Waals surface area (Å²) in [4.78, 5) is 84.7. The Hall–Kier alpha value is -4.84. The molecule has 0 bridgehead atoms. The van der Waals surface area contributed by atoms with Crippen LogP contribution >= 0.6 is 0 Å². The summed E-state index contributed by atoms with van der Waals surface area (Å²) in [5.41, 5.74) is 0.662. The molecule has 6 amide bonds. The van der Waals surface area contributed by atoms with E-state index < -0.39 is 85.2 Å². The number of hydrogen-bond acceptors (Lipinski definition) is 9. The Morgan fingerprint density at radius 2 is 1.49 bits per heavy atom. The van der Waals surface area contributed by atoms with Gasteiger partial charge in [0.15, 0.2) is 0 Å². The lowest BCUT2D eigenvalue weighted by Crippen LogP contribution is -2.52. The molecule has 1 aliphatic rings. The van der Waals surface area contributed by atoms with Gasteiger partial charge in [0.25, 0.3) is 11.8 Å². The summed E-state index contributed by atoms with van der Waals surface area (Å²) in [7, 11) is 0. The normalized spacial score (nSPS) is 14.6. The lowest BCUT2D eigenvalue weighted by molar-refractivity contribution is -0.158. The van der Waals surface area contributed by atoms with Gasteiger partial charge in [-0.3, -0.25) is 43.8 Å². The van der Waals surface area contributed by atoms with E-state index in [1.165, 1.54) is 6.92 Å². The molecule has 49 heavy (non-hydrogen) atoms. The number of carboxylic acid groups (broad SMARTS) is 1. The van der Waals surface area contributed by atoms with Gasteiger partial charge in [-0.05, 0) is 25.3 Å². The van der Waals surface area contributed by atoms with E-state index in [0.717, 1.165) is 17.1 Å². The first-order chi connectivity index (χ1) is 23.2. The number of amides is 6. The van der Waals surface area contributed by atoms with Crippen LogP contribution in [0.25, 0.3) is 0 Å². The van der Waals surface area contributed by atoms with Crippen LogP contribution < -0.4 is 26.6 Å². The van der Waals surface area contributed by atoms with Crippen molar-refractivity contribution in [3.05, 3.63) is 48.0 Å². The van der Waals surface area contributed by atoms with Crippen molar-refractivity contribution < 1.29 is 56.6 Å². The van der Waals surface area contributed by atoms with Crippen molar-refractivity contribution in [2.45, 2.75) is 57.3 Å². The van der Waals surface area contributed by atoms with Crippen LogP contribution in [-0.2, 0) is 44.7 Å². The smallest absolute Gasteiger partial charge is 0.403 e. The van der Waals surface area contributed by atoms with Gasteiger partial charge in [0.2, 0.25) is 23.6 Å². The number of rotatable bonds is 22. The fourth-order valence-corrected chi connectivity index (χ4v) is 4.38. The Kier molecular flexibility index (Phi) is 16.9. The standard InChI is InChI=1S/C31H41F3N6O9/c1-20(30(47)48)18-49-19-38-25(42)16-37-29(46)22(14-21-8-4-2-5-9-21)39-26(43)17-36-24(41)15-35-23(31(32,33)34)10-6-3-7-13-40-27(44)11-12-28(40)45/h2,4-5,8-9,11-12,20,22-23,35H,3,6-7,10,13-19H2,1H3,(H,36,41)(H,37,46)(H,38,42)(H,39,43)(H,47,48)/t20?,22-,23?/m0/s1. The van der Waals surface area contributed by atoms with Crippen molar-refractivity contribution >= 4 is 41.4 Å². The summed E-state index contributed by atoms with van der Waals surface area (Å²) in [6, 6.07) is 5.37. The van der Waals surface area contributed by atoms with Crippen molar-refractivity contribution in [1.29, 1.82) is 0 Å². The van der Waals surface area contributed by atoms with E-state index in [-0.39, 0.29) is 39.1 Å². The molecule has 0 radical (unpaired) electrons. The van der Waals surface area contributed by atoms with Crippen molar-refractivity contribution in [3.8, 4) is 0 Å². The molecule has 0 saturated heterocycles. The molecular weight excluding hydrogens is 657 g/mol. The number of nitrogens with one attached hydrogen (secondary N) is 5. The minimum absolute atomic E-state index is 0.0144. The van der Waals surface area contributed by atoms with Crippen LogP contribution in [0, 0.1) is 5.92 Å². The number of aliphatic carboxylic acids is 1. The average Bonchev–Trinajstić information content (AvgIpc) is 3.37. The second-order valence-corrected chi connectivity index (χ2v) is 11.1. The van der Waals surface area contributed by atoms with Crippen molar-refractivity contribution in [3.63, 3.8) is 0 Å². The SMILES string of the molecule is CC(COCNC(=O)CNC(=O)[C@H](Cc1ccccc1)NC(=O)CNC(=O)CNC(CCCCCN1C(=O)C=CC1=O)C(F)(F)F)C(=O)O. The molecule has 6 N–H and O–H groups in total. The average molecular weight is 699 g/mol. The fraction of sp³-hybridized carbons (Fsp3) is 0.516. The number of ether oxygens (including phenoxy) is 1. The first-order valence-electron chi connectivity index (χ1n) is 15.5. The van der Waals surface area contributed by atoms with Crippen molar-refractivity contribution in [2.75, 3.05) is 39.5 Å². The molecule has 1 aliphatic heterocycles. The van der Waals surface area contributed by atoms with Crippen molar-refractivity contribution in [2.24, 2.45) is 5.92 Å². The van der Waals surface area contributed by atoms with Gasteiger partial charge in [-0.25, -0.2) is 0 Å². The molecule has 1 aromatic carbocycles. The summed E-state index contributed by atoms with van der Waals surface area (Å²) in [5, 5.41) is 20.4. The minimum atomic E-state index is -4.66. The maximum atomic E-state index is 13.5. The summed E-state index contributed by atoms with van der Waals surface area (Å²) >= 11 is 0. The molecule has 270 valence electrons. The van der Waals surface area contributed by atoms with E-state index in [0.29, 0.717) is 18.4 Å². The Labute approximate surface area is 280 Å². The number of carbonyl (C=O) groups is 7. The summed E-state index contributed by atoms with van der Waals surface area (Å²) in [5.74, 6) is -5.88. The first kappa shape index (κ1) is 40.3. The highest BCUT2D eigenvalue weighted by atomic mass is 19.4. The van der Waals surface area contributed by atoms with Crippen LogP contribution in [-0.4, -0.2) is 109 Å². The predicted molar refractivity (Wildman–Crippen MR) is 166 cm³/mol. The summed E-state index contributed by atoms with van der Waals surface area (Å²) in [6.07, 6.45) is -2.02. The first-order valence-corrected chi connectivity index (χ1v) is 15.5. The Morgan fingerprint density at radius 3 is 2.12 bits per heavy atom. The number of alkyl halides is 3. The van der Waals surface area contributed by atoms with Crippen molar-refractivity contribution in [1.82, 2.24) is 31.5 Å². The highest BCUT2D eigenvalue weighted by molar-refractivity contribution is 6.12. The van der Waals surface area contributed by atoms with E-state index in [1.54, 1.807) is 30.3 Å². The van der Waals surface area contributed by atoms with Gasteiger partial charge in [0.1, 0.15) is 18.8 Å². The fourth-order valence-electron chi connectivity index (χ4n) is 4.38. The molecule has 2 rings (SSSR count). The number of carbonyl (C=O) groups excluding carboxylic acids is 6. The number of hydrogen-bond donors (Lipinski definition) is 6. The molecule has 0 fully saturated rings. The molecular formula is C31H41F3N6O9. The highest BCUT2D eigenvalue weighted by Crippen LogP contribution is 2.24. The molecule has 0 aromatic heterocycles. The van der Waals surface area contributed by atoms with Gasteiger partial charge >= 0.3 is 12.1 Å². The maximum absolute atomic E-state index is 13.5. The minimum Gasteiger partial charge on any atom is -0.481 e. The monoisotopic (exact) mass is 698 g/mol. The molecule has 0 spiro atoms. The van der Waals surface area contributed by atoms with E-state index in [9.17, 15) is 46.7 Å². The zero-order chi connectivity index (χ0) is 36.4. The number of halogens is 3. The molecule has 0 aliphatic carbocycles. The second-order valence-electron chi connectivity index (χ2n) is 11.1. The zero-order valence-corrected chi connectivity index (χ0v) is 26.8. The van der Waals surface area contributed by atoms with Crippen LogP contribution in [0.4, 0.5) is 13.2 Å². The molecule has 1 heterocycles. The third kappa shape index (κ3) is 15.7. The highest BCUT2D eigenvalue weighted by Gasteiger charge is 2.39. The van der Waals surface area contributed by atoms with E-state index >= 15 is 0 Å². The second kappa shape index (κ2) is 20.5. The topological polar surface area (TPSA) is 212 Å². The van der Waals surface area contributed by atoms with Crippen LogP contribution in [0.2, 0.25) is 0 Å². The lowest BCUT2D eigenvalue weighted by Gasteiger charge is -2.22. The van der Waals surface area contributed by atoms with E-state index in [1.807, 2.05) is 0 Å². The third-order valence-electron chi connectivity index (χ3n) is 7.14. The molecule has 15 nitrogen and oxygen atoms in total. The van der Waals surface area contributed by atoms with Gasteiger partial charge in [0, 0.05) is 25.1 Å². The zero-order valence-electron chi connectivity index (χ0n) is 26.8. The molecule has 1 aromatic rings. The van der Waals surface area contributed by atoms with E-state index in [4.69, 9.17) is 9.84 Å². The number of unbranched alkanes of at least 4 members (excludes halogenated alkanes) is 2. The number of imide groups is 1. The Morgan fingerprint density at radius 1 is 0.857 bits per heavy atom. The number of nitrogens with zero attached hydrogens (tertiary/aromatic N) is 1. The maximum Gasteiger partial charge on any atom is 0.403 e. The summed E-state index contributed by atoms with van der Waals surface area (Å²) < 4.78 is 45.7. The number of carboxylic acids is 1. The van der Waals surface area contributed by atoms with Gasteiger partial charge in [-0.2, -0.15) is 13.2 Å². The molecule has 3 atom stereocenters. The van der Waals surface area contributed by atoms with E-state index in [2.05, 4.69) is 26.6 Å². The quantitative estimate of drug-likeness (QED) is 0.0532. The Bertz CT molecular complexity index is 1330. The summed E-state index contributed by atoms with van der Waals surface area (Å²) in [6.45, 7) is -0.805. The molecule has 2 unspecified atom stereocenters. The van der Waals surface area contributed by atoms with Gasteiger partial charge in [0.05, 0.1) is 32.2 Å². The third-order valence-corrected chi connectivity index (χ3v) is 7.14. The van der Waals surface area contributed by atoms with Crippen LogP contribution in [0.15, 0.2) is 42.5 Å². The van der Waals surface area contributed by atoms with Crippen LogP contribution in [0.1, 0.15) is 38.2 Å². The largest absolute Gasteiger partial charge is 0.481 e. The predicted octanol–water partition coefficient (Wildman–Crippen LogP) is -0.237. The van der Waals surface area contributed by atoms with Crippen LogP contribution in [0.5, 0.6) is 0 Å².